The lowest BCUT2D eigenvalue weighted by Crippen LogP contribution is -2.16. The van der Waals surface area contributed by atoms with Gasteiger partial charge in [0, 0.05) is 12.4 Å². The van der Waals surface area contributed by atoms with Crippen LogP contribution in [0.3, 0.4) is 0 Å². The Morgan fingerprint density at radius 2 is 2.08 bits per heavy atom. The highest BCUT2D eigenvalue weighted by Crippen LogP contribution is 2.14. The van der Waals surface area contributed by atoms with Gasteiger partial charge in [-0.15, -0.1) is 0 Å². The largest absolute Gasteiger partial charge is 0.454 e. The molecule has 6 nitrogen and oxygen atoms in total. The molecular formula is C19H20N4O2. The summed E-state index contributed by atoms with van der Waals surface area (Å²) in [6.45, 7) is 4.77. The average molecular weight is 336 g/mol. The fourth-order valence-electron chi connectivity index (χ4n) is 2.33. The predicted molar refractivity (Wildman–Crippen MR) is 95.6 cm³/mol. The fourth-order valence-corrected chi connectivity index (χ4v) is 2.33. The summed E-state index contributed by atoms with van der Waals surface area (Å²) in [5.74, 6) is 0.971. The first-order chi connectivity index (χ1) is 12.1. The van der Waals surface area contributed by atoms with E-state index in [9.17, 15) is 4.79 Å². The van der Waals surface area contributed by atoms with Crippen molar-refractivity contribution in [2.75, 3.05) is 0 Å². The Balaban J connectivity index is 1.56. The average Bonchev–Trinajstić information content (AvgIpc) is 3.28. The van der Waals surface area contributed by atoms with Gasteiger partial charge in [-0.05, 0) is 35.2 Å². The van der Waals surface area contributed by atoms with Gasteiger partial charge in [-0.1, -0.05) is 38.1 Å². The molecule has 0 fully saturated rings. The van der Waals surface area contributed by atoms with Gasteiger partial charge >= 0.3 is 5.91 Å². The summed E-state index contributed by atoms with van der Waals surface area (Å²) >= 11 is 0. The fraction of sp³-hybridized carbons (Fsp3) is 0.211. The molecule has 0 atom stereocenters. The Morgan fingerprint density at radius 1 is 1.28 bits per heavy atom. The SMILES string of the molecule is CC(C)c1ccc(/C=N\NC(=O)c2ccc(Cn3cccn3)o2)cc1. The van der Waals surface area contributed by atoms with Crippen LogP contribution in [0.4, 0.5) is 0 Å². The molecule has 0 aliphatic rings. The van der Waals surface area contributed by atoms with E-state index in [1.54, 1.807) is 29.2 Å². The van der Waals surface area contributed by atoms with Crippen molar-refractivity contribution in [1.29, 1.82) is 0 Å². The molecule has 3 rings (SSSR count). The van der Waals surface area contributed by atoms with E-state index in [2.05, 4.69) is 41.6 Å². The number of carbonyl (C=O) groups excluding carboxylic acids is 1. The zero-order valence-electron chi connectivity index (χ0n) is 14.2. The van der Waals surface area contributed by atoms with Crippen LogP contribution in [0.25, 0.3) is 0 Å². The third-order valence-electron chi connectivity index (χ3n) is 3.75. The van der Waals surface area contributed by atoms with Gasteiger partial charge < -0.3 is 4.42 Å². The molecule has 0 bridgehead atoms. The summed E-state index contributed by atoms with van der Waals surface area (Å²) < 4.78 is 7.24. The first-order valence-electron chi connectivity index (χ1n) is 8.11. The minimum Gasteiger partial charge on any atom is -0.454 e. The number of hydrogen-bond donors (Lipinski definition) is 1. The summed E-state index contributed by atoms with van der Waals surface area (Å²) in [5.41, 5.74) is 4.66. The van der Waals surface area contributed by atoms with Crippen LogP contribution >= 0.6 is 0 Å². The normalized spacial score (nSPS) is 11.3. The molecule has 1 N–H and O–H groups in total. The number of rotatable bonds is 6. The van der Waals surface area contributed by atoms with Crippen molar-refractivity contribution in [3.8, 4) is 0 Å². The number of benzene rings is 1. The van der Waals surface area contributed by atoms with Gasteiger partial charge in [-0.2, -0.15) is 10.2 Å². The first kappa shape index (κ1) is 16.7. The van der Waals surface area contributed by atoms with Crippen molar-refractivity contribution in [3.63, 3.8) is 0 Å². The van der Waals surface area contributed by atoms with Gasteiger partial charge in [-0.25, -0.2) is 5.43 Å². The lowest BCUT2D eigenvalue weighted by molar-refractivity contribution is 0.0925. The number of furan rings is 1. The van der Waals surface area contributed by atoms with Crippen molar-refractivity contribution in [2.24, 2.45) is 5.10 Å². The monoisotopic (exact) mass is 336 g/mol. The summed E-state index contributed by atoms with van der Waals surface area (Å²) in [7, 11) is 0. The molecule has 2 aromatic heterocycles. The molecule has 0 aliphatic carbocycles. The van der Waals surface area contributed by atoms with Gasteiger partial charge in [0.25, 0.3) is 0 Å². The van der Waals surface area contributed by atoms with Crippen molar-refractivity contribution in [2.45, 2.75) is 26.3 Å². The number of nitrogens with one attached hydrogen (secondary N) is 1. The number of carbonyl (C=O) groups is 1. The van der Waals surface area contributed by atoms with Crippen LogP contribution in [-0.2, 0) is 6.54 Å². The van der Waals surface area contributed by atoms with Gasteiger partial charge in [0.2, 0.25) is 0 Å². The Bertz CT molecular complexity index is 846. The molecule has 0 saturated heterocycles. The van der Waals surface area contributed by atoms with Gasteiger partial charge in [0.05, 0.1) is 12.8 Å². The number of hydrogen-bond acceptors (Lipinski definition) is 4. The highest BCUT2D eigenvalue weighted by molar-refractivity contribution is 5.92. The summed E-state index contributed by atoms with van der Waals surface area (Å²) in [6.07, 6.45) is 5.13. The van der Waals surface area contributed by atoms with Crippen molar-refractivity contribution in [1.82, 2.24) is 15.2 Å². The number of nitrogens with zero attached hydrogens (tertiary/aromatic N) is 3. The lowest BCUT2D eigenvalue weighted by Gasteiger charge is -2.04. The Morgan fingerprint density at radius 3 is 2.76 bits per heavy atom. The molecule has 3 aromatic rings. The molecule has 0 radical (unpaired) electrons. The third-order valence-corrected chi connectivity index (χ3v) is 3.75. The van der Waals surface area contributed by atoms with E-state index < -0.39 is 0 Å². The maximum Gasteiger partial charge on any atom is 0.307 e. The summed E-state index contributed by atoms with van der Waals surface area (Å²) in [6, 6.07) is 13.3. The van der Waals surface area contributed by atoms with Crippen molar-refractivity contribution in [3.05, 3.63) is 77.5 Å². The minimum absolute atomic E-state index is 0.217. The molecule has 1 aromatic carbocycles. The molecule has 1 amide bonds. The van der Waals surface area contributed by atoms with Crippen LogP contribution in [0, 0.1) is 0 Å². The van der Waals surface area contributed by atoms with Gasteiger partial charge in [0.15, 0.2) is 5.76 Å². The highest BCUT2D eigenvalue weighted by atomic mass is 16.4. The number of amides is 1. The van der Waals surface area contributed by atoms with Crippen LogP contribution < -0.4 is 5.43 Å². The zero-order valence-corrected chi connectivity index (χ0v) is 14.2. The maximum atomic E-state index is 12.1. The molecule has 0 spiro atoms. The first-order valence-corrected chi connectivity index (χ1v) is 8.11. The maximum absolute atomic E-state index is 12.1. The molecule has 2 heterocycles. The van der Waals surface area contributed by atoms with E-state index in [0.29, 0.717) is 18.2 Å². The van der Waals surface area contributed by atoms with E-state index >= 15 is 0 Å². The standard InChI is InChI=1S/C19H20N4O2/c1-14(2)16-6-4-15(5-7-16)12-20-22-19(24)18-9-8-17(25-18)13-23-11-3-10-21-23/h3-12,14H,13H2,1-2H3,(H,22,24)/b20-12-. The van der Waals surface area contributed by atoms with E-state index in [-0.39, 0.29) is 11.7 Å². The summed E-state index contributed by atoms with van der Waals surface area (Å²) in [4.78, 5) is 12.1. The number of hydrazone groups is 1. The molecule has 0 unspecified atom stereocenters. The quantitative estimate of drug-likeness (QED) is 0.554. The Hall–Kier alpha value is -3.15. The topological polar surface area (TPSA) is 72.4 Å². The van der Waals surface area contributed by atoms with E-state index in [1.807, 2.05) is 24.4 Å². The van der Waals surface area contributed by atoms with Gasteiger partial charge in [-0.3, -0.25) is 9.48 Å². The number of aromatic nitrogens is 2. The second-order valence-electron chi connectivity index (χ2n) is 5.99. The second kappa shape index (κ2) is 7.61. The molecule has 0 saturated carbocycles. The Labute approximate surface area is 146 Å². The zero-order chi connectivity index (χ0) is 17.6. The molecule has 128 valence electrons. The second-order valence-corrected chi connectivity index (χ2v) is 5.99. The van der Waals surface area contributed by atoms with Crippen LogP contribution in [0.1, 0.15) is 47.2 Å². The molecule has 0 aliphatic heterocycles. The third kappa shape index (κ3) is 4.44. The lowest BCUT2D eigenvalue weighted by atomic mass is 10.0. The van der Waals surface area contributed by atoms with Crippen LogP contribution in [0.15, 0.2) is 64.4 Å². The van der Waals surface area contributed by atoms with Crippen LogP contribution in [0.5, 0.6) is 0 Å². The van der Waals surface area contributed by atoms with Gasteiger partial charge in [0.1, 0.15) is 5.76 Å². The molecule has 6 heteroatoms. The highest BCUT2D eigenvalue weighted by Gasteiger charge is 2.10. The molecular weight excluding hydrogens is 316 g/mol. The van der Waals surface area contributed by atoms with Crippen LogP contribution in [0.2, 0.25) is 0 Å². The van der Waals surface area contributed by atoms with E-state index in [0.717, 1.165) is 5.56 Å². The van der Waals surface area contributed by atoms with Crippen LogP contribution in [-0.4, -0.2) is 21.9 Å². The van der Waals surface area contributed by atoms with E-state index in [1.165, 1.54) is 5.56 Å². The van der Waals surface area contributed by atoms with Crippen molar-refractivity contribution < 1.29 is 9.21 Å². The summed E-state index contributed by atoms with van der Waals surface area (Å²) in [5, 5.41) is 8.07. The smallest absolute Gasteiger partial charge is 0.307 e. The Kier molecular flexibility index (Phi) is 5.09. The van der Waals surface area contributed by atoms with Crippen molar-refractivity contribution >= 4 is 12.1 Å². The molecule has 25 heavy (non-hydrogen) atoms. The van der Waals surface area contributed by atoms with E-state index in [4.69, 9.17) is 4.42 Å². The predicted octanol–water partition coefficient (Wildman–Crippen LogP) is 3.41. The minimum atomic E-state index is -0.387.